The van der Waals surface area contributed by atoms with Crippen LogP contribution in [0.1, 0.15) is 88.4 Å². The molecule has 1 aliphatic rings. The second kappa shape index (κ2) is 18.6. The lowest BCUT2D eigenvalue weighted by atomic mass is 9.68. The molecule has 1 N–H and O–H groups in total. The van der Waals surface area contributed by atoms with Crippen molar-refractivity contribution in [2.24, 2.45) is 0 Å². The standard InChI is InChI=1S/C41H47Cl4NO2.ClH/c1-27-12-8-13-28(2)39(27)31(23-47-24-32-35(42)16-10-17-36(32)43)22-46-41(20-6-5-7-21-41)34(40-29(3)14-9-15-30(40)4)26-48-25-33-37(44)18-11-19-38(33)45;/h8-19,31,34,46H,5-7,20-26H2,1-4H3;1H. The van der Waals surface area contributed by atoms with Crippen LogP contribution in [0.4, 0.5) is 0 Å². The highest BCUT2D eigenvalue weighted by Crippen LogP contribution is 2.43. The van der Waals surface area contributed by atoms with Gasteiger partial charge in [0.25, 0.3) is 0 Å². The van der Waals surface area contributed by atoms with E-state index in [9.17, 15) is 0 Å². The van der Waals surface area contributed by atoms with Crippen LogP contribution >= 0.6 is 58.8 Å². The average molecular weight is 764 g/mol. The molecule has 3 nitrogen and oxygen atoms in total. The van der Waals surface area contributed by atoms with Crippen LogP contribution in [0.3, 0.4) is 0 Å². The number of rotatable bonds is 14. The van der Waals surface area contributed by atoms with Crippen LogP contribution in [-0.4, -0.2) is 25.3 Å². The minimum atomic E-state index is -0.166. The van der Waals surface area contributed by atoms with Crippen LogP contribution in [0.15, 0.2) is 72.8 Å². The molecule has 2 atom stereocenters. The summed E-state index contributed by atoms with van der Waals surface area (Å²) in [7, 11) is 0. The van der Waals surface area contributed by atoms with Crippen molar-refractivity contribution < 1.29 is 9.47 Å². The predicted molar refractivity (Wildman–Crippen MR) is 211 cm³/mol. The Hall–Kier alpha value is -1.79. The van der Waals surface area contributed by atoms with Crippen LogP contribution in [-0.2, 0) is 22.7 Å². The summed E-state index contributed by atoms with van der Waals surface area (Å²) in [6.07, 6.45) is 5.70. The fourth-order valence-corrected chi connectivity index (χ4v) is 8.70. The van der Waals surface area contributed by atoms with Gasteiger partial charge in [-0.1, -0.05) is 114 Å². The molecule has 0 bridgehead atoms. The van der Waals surface area contributed by atoms with Gasteiger partial charge >= 0.3 is 0 Å². The van der Waals surface area contributed by atoms with E-state index in [4.69, 9.17) is 55.9 Å². The highest BCUT2D eigenvalue weighted by Gasteiger charge is 2.42. The number of aryl methyl sites for hydroxylation is 4. The molecule has 0 saturated heterocycles. The Balaban J connectivity index is 0.00000541. The number of nitrogens with one attached hydrogen (secondary N) is 1. The molecule has 0 spiro atoms. The molecule has 0 aromatic heterocycles. The quantitative estimate of drug-likeness (QED) is 0.139. The normalized spacial score (nSPS) is 15.4. The topological polar surface area (TPSA) is 30.5 Å². The van der Waals surface area contributed by atoms with Gasteiger partial charge in [0.1, 0.15) is 0 Å². The van der Waals surface area contributed by atoms with Gasteiger partial charge in [0, 0.05) is 55.1 Å². The highest BCUT2D eigenvalue weighted by atomic mass is 35.5. The molecule has 264 valence electrons. The lowest BCUT2D eigenvalue weighted by Crippen LogP contribution is -2.54. The van der Waals surface area contributed by atoms with Crippen LogP contribution in [0.5, 0.6) is 0 Å². The summed E-state index contributed by atoms with van der Waals surface area (Å²) >= 11 is 26.1. The maximum atomic E-state index is 6.59. The third-order valence-corrected chi connectivity index (χ3v) is 11.6. The smallest absolute Gasteiger partial charge is 0.0746 e. The molecule has 4 aromatic rings. The maximum Gasteiger partial charge on any atom is 0.0746 e. The van der Waals surface area contributed by atoms with Crippen molar-refractivity contribution in [3.05, 3.63) is 137 Å². The van der Waals surface area contributed by atoms with Crippen molar-refractivity contribution in [2.75, 3.05) is 19.8 Å². The molecule has 0 heterocycles. The number of hydrogen-bond acceptors (Lipinski definition) is 3. The van der Waals surface area contributed by atoms with Crippen LogP contribution < -0.4 is 5.32 Å². The fraction of sp³-hybridized carbons (Fsp3) is 0.415. The largest absolute Gasteiger partial charge is 0.376 e. The summed E-state index contributed by atoms with van der Waals surface area (Å²) in [6.45, 7) is 11.4. The van der Waals surface area contributed by atoms with Gasteiger partial charge in [-0.25, -0.2) is 0 Å². The van der Waals surface area contributed by atoms with Crippen molar-refractivity contribution in [3.8, 4) is 0 Å². The molecule has 8 heteroatoms. The predicted octanol–water partition coefficient (Wildman–Crippen LogP) is 12.5. The van der Waals surface area contributed by atoms with Gasteiger partial charge < -0.3 is 14.8 Å². The van der Waals surface area contributed by atoms with Crippen molar-refractivity contribution in [1.82, 2.24) is 5.32 Å². The summed E-state index contributed by atoms with van der Waals surface area (Å²) in [5, 5.41) is 6.73. The molecule has 1 aliphatic carbocycles. The molecule has 1 saturated carbocycles. The van der Waals surface area contributed by atoms with E-state index in [0.717, 1.165) is 30.5 Å². The Labute approximate surface area is 319 Å². The minimum Gasteiger partial charge on any atom is -0.376 e. The van der Waals surface area contributed by atoms with Gasteiger partial charge in [-0.2, -0.15) is 0 Å². The van der Waals surface area contributed by atoms with E-state index >= 15 is 0 Å². The maximum absolute atomic E-state index is 6.59. The summed E-state index contributed by atoms with van der Waals surface area (Å²) in [6, 6.07) is 24.3. The summed E-state index contributed by atoms with van der Waals surface area (Å²) < 4.78 is 13.0. The summed E-state index contributed by atoms with van der Waals surface area (Å²) in [5.74, 6) is 0.245. The fourth-order valence-electron chi connectivity index (χ4n) is 7.69. The van der Waals surface area contributed by atoms with Gasteiger partial charge in [0.2, 0.25) is 0 Å². The Kier molecular flexibility index (Phi) is 15.2. The number of hydrogen-bond donors (Lipinski definition) is 1. The SMILES string of the molecule is Cc1cccc(C)c1C(CNC1(C(COCc2c(Cl)cccc2Cl)c2c(C)cccc2C)CCCCC1)COCc1c(Cl)cccc1Cl.Cl. The lowest BCUT2D eigenvalue weighted by molar-refractivity contribution is 0.0570. The monoisotopic (exact) mass is 761 g/mol. The minimum absolute atomic E-state index is 0. The van der Waals surface area contributed by atoms with Crippen molar-refractivity contribution in [1.29, 1.82) is 0 Å². The van der Waals surface area contributed by atoms with Gasteiger partial charge in [0.05, 0.1) is 26.4 Å². The zero-order valence-corrected chi connectivity index (χ0v) is 32.7. The van der Waals surface area contributed by atoms with E-state index in [0.29, 0.717) is 46.5 Å². The van der Waals surface area contributed by atoms with E-state index in [2.05, 4.69) is 69.4 Å². The molecule has 4 aromatic carbocycles. The van der Waals surface area contributed by atoms with E-state index in [1.807, 2.05) is 36.4 Å². The molecular weight excluding hydrogens is 716 g/mol. The van der Waals surface area contributed by atoms with Crippen LogP contribution in [0.25, 0.3) is 0 Å². The first kappa shape index (κ1) is 40.0. The zero-order valence-electron chi connectivity index (χ0n) is 28.9. The van der Waals surface area contributed by atoms with Gasteiger partial charge in [-0.05, 0) is 98.2 Å². The van der Waals surface area contributed by atoms with Gasteiger partial charge in [-0.15, -0.1) is 12.4 Å². The summed E-state index contributed by atoms with van der Waals surface area (Å²) in [5.41, 5.74) is 9.30. The first-order valence-corrected chi connectivity index (χ1v) is 18.5. The Bertz CT molecular complexity index is 1610. The van der Waals surface area contributed by atoms with Crippen molar-refractivity contribution >= 4 is 58.8 Å². The molecule has 5 rings (SSSR count). The number of ether oxygens (including phenoxy) is 2. The van der Waals surface area contributed by atoms with E-state index in [-0.39, 0.29) is 29.8 Å². The molecule has 0 aliphatic heterocycles. The van der Waals surface area contributed by atoms with Crippen molar-refractivity contribution in [3.63, 3.8) is 0 Å². The van der Waals surface area contributed by atoms with Crippen molar-refractivity contribution in [2.45, 2.75) is 90.4 Å². The van der Waals surface area contributed by atoms with Gasteiger partial charge in [-0.3, -0.25) is 0 Å². The third kappa shape index (κ3) is 9.76. The second-order valence-electron chi connectivity index (χ2n) is 13.4. The molecule has 1 fully saturated rings. The first-order valence-electron chi connectivity index (χ1n) is 17.0. The zero-order chi connectivity index (χ0) is 34.3. The van der Waals surface area contributed by atoms with Gasteiger partial charge in [0.15, 0.2) is 0 Å². The Morgan fingerprint density at radius 3 is 1.47 bits per heavy atom. The Morgan fingerprint density at radius 1 is 0.592 bits per heavy atom. The second-order valence-corrected chi connectivity index (χ2v) is 15.0. The molecular formula is C41H48Cl5NO2. The molecule has 49 heavy (non-hydrogen) atoms. The molecule has 0 radical (unpaired) electrons. The number of halogens is 5. The van der Waals surface area contributed by atoms with E-state index < -0.39 is 0 Å². The van der Waals surface area contributed by atoms with E-state index in [1.54, 1.807) is 0 Å². The highest BCUT2D eigenvalue weighted by molar-refractivity contribution is 6.36. The molecule has 2 unspecified atom stereocenters. The first-order chi connectivity index (χ1) is 23.1. The Morgan fingerprint density at radius 2 is 1.00 bits per heavy atom. The average Bonchev–Trinajstić information content (AvgIpc) is 3.05. The van der Waals surface area contributed by atoms with Crippen LogP contribution in [0, 0.1) is 27.7 Å². The third-order valence-electron chi connectivity index (χ3n) is 10.2. The van der Waals surface area contributed by atoms with Crippen LogP contribution in [0.2, 0.25) is 20.1 Å². The lowest BCUT2D eigenvalue weighted by Gasteiger charge is -2.46. The number of benzene rings is 4. The molecule has 0 amide bonds. The van der Waals surface area contributed by atoms with E-state index in [1.165, 1.54) is 52.6 Å². The summed E-state index contributed by atoms with van der Waals surface area (Å²) in [4.78, 5) is 0.